The van der Waals surface area contributed by atoms with Crippen LogP contribution in [0.4, 0.5) is 5.95 Å². The average Bonchev–Trinajstić information content (AvgIpc) is 2.76. The van der Waals surface area contributed by atoms with Gasteiger partial charge in [-0.3, -0.25) is 0 Å². The quantitative estimate of drug-likeness (QED) is 0.934. The van der Waals surface area contributed by atoms with E-state index in [1.165, 1.54) is 43.4 Å². The van der Waals surface area contributed by atoms with Gasteiger partial charge in [0.2, 0.25) is 5.95 Å². The van der Waals surface area contributed by atoms with Crippen molar-refractivity contribution in [2.45, 2.75) is 32.7 Å². The molecule has 2 N–H and O–H groups in total. The molecule has 1 saturated heterocycles. The van der Waals surface area contributed by atoms with Gasteiger partial charge in [-0.05, 0) is 63.9 Å². The zero-order valence-corrected chi connectivity index (χ0v) is 12.5. The predicted molar refractivity (Wildman–Crippen MR) is 83.7 cm³/mol. The Morgan fingerprint density at radius 1 is 1.30 bits per heavy atom. The molecule has 0 unspecified atom stereocenters. The van der Waals surface area contributed by atoms with Gasteiger partial charge < -0.3 is 15.2 Å². The average molecular weight is 272 g/mol. The lowest BCUT2D eigenvalue weighted by Gasteiger charge is -2.29. The Balaban J connectivity index is 1.74. The summed E-state index contributed by atoms with van der Waals surface area (Å²) in [5, 5.41) is 0. The monoisotopic (exact) mass is 272 g/mol. The van der Waals surface area contributed by atoms with Crippen LogP contribution in [0.25, 0.3) is 11.0 Å². The Bertz CT molecular complexity index is 594. The van der Waals surface area contributed by atoms with Crippen molar-refractivity contribution in [2.24, 2.45) is 5.92 Å². The number of benzene rings is 1. The Hall–Kier alpha value is -1.55. The van der Waals surface area contributed by atoms with E-state index in [1.54, 1.807) is 0 Å². The van der Waals surface area contributed by atoms with Crippen LogP contribution >= 0.6 is 0 Å². The van der Waals surface area contributed by atoms with Crippen LogP contribution in [0.15, 0.2) is 18.2 Å². The van der Waals surface area contributed by atoms with Crippen LogP contribution in [0, 0.1) is 12.8 Å². The van der Waals surface area contributed by atoms with E-state index in [-0.39, 0.29) is 0 Å². The number of para-hydroxylation sites is 1. The van der Waals surface area contributed by atoms with Gasteiger partial charge in [0, 0.05) is 6.54 Å². The summed E-state index contributed by atoms with van der Waals surface area (Å²) in [4.78, 5) is 6.94. The summed E-state index contributed by atoms with van der Waals surface area (Å²) < 4.78 is 2.18. The van der Waals surface area contributed by atoms with Crippen LogP contribution in [0.1, 0.15) is 24.8 Å². The van der Waals surface area contributed by atoms with Crippen LogP contribution in [0.2, 0.25) is 0 Å². The fourth-order valence-electron chi connectivity index (χ4n) is 3.20. The molecule has 1 aliphatic heterocycles. The first kappa shape index (κ1) is 13.4. The molecule has 0 radical (unpaired) electrons. The van der Waals surface area contributed by atoms with Gasteiger partial charge in [-0.25, -0.2) is 4.98 Å². The standard InChI is InChI=1S/C16H24N4/c1-12-4-3-5-14-15(12)18-16(17)20(14)11-8-13-6-9-19(2)10-7-13/h3-5,13H,6-11H2,1-2H3,(H2,17,18). The molecule has 1 aromatic heterocycles. The number of nitrogens with zero attached hydrogens (tertiary/aromatic N) is 3. The number of anilines is 1. The molecule has 0 spiro atoms. The van der Waals surface area contributed by atoms with E-state index in [9.17, 15) is 0 Å². The van der Waals surface area contributed by atoms with Crippen molar-refractivity contribution in [3.8, 4) is 0 Å². The van der Waals surface area contributed by atoms with Crippen molar-refractivity contribution < 1.29 is 0 Å². The maximum atomic E-state index is 6.10. The Morgan fingerprint density at radius 2 is 2.05 bits per heavy atom. The smallest absolute Gasteiger partial charge is 0.201 e. The van der Waals surface area contributed by atoms with Crippen molar-refractivity contribution in [3.63, 3.8) is 0 Å². The molecule has 0 atom stereocenters. The van der Waals surface area contributed by atoms with Gasteiger partial charge in [-0.15, -0.1) is 0 Å². The van der Waals surface area contributed by atoms with Crippen molar-refractivity contribution >= 4 is 17.0 Å². The van der Waals surface area contributed by atoms with Gasteiger partial charge in [0.15, 0.2) is 0 Å². The number of aryl methyl sites for hydroxylation is 2. The summed E-state index contributed by atoms with van der Waals surface area (Å²) >= 11 is 0. The van der Waals surface area contributed by atoms with E-state index in [4.69, 9.17) is 5.73 Å². The van der Waals surface area contributed by atoms with Crippen molar-refractivity contribution in [1.82, 2.24) is 14.5 Å². The lowest BCUT2D eigenvalue weighted by Crippen LogP contribution is -2.30. The van der Waals surface area contributed by atoms with E-state index in [2.05, 4.69) is 46.6 Å². The highest BCUT2D eigenvalue weighted by Crippen LogP contribution is 2.24. The maximum Gasteiger partial charge on any atom is 0.201 e. The highest BCUT2D eigenvalue weighted by Gasteiger charge is 2.17. The number of aromatic nitrogens is 2. The topological polar surface area (TPSA) is 47.1 Å². The van der Waals surface area contributed by atoms with Gasteiger partial charge in [-0.2, -0.15) is 0 Å². The normalized spacial score (nSPS) is 17.9. The van der Waals surface area contributed by atoms with E-state index in [1.807, 2.05) is 0 Å². The molecule has 0 aliphatic carbocycles. The third-order valence-electron chi connectivity index (χ3n) is 4.61. The van der Waals surface area contributed by atoms with Crippen LogP contribution in [0.5, 0.6) is 0 Å². The fraction of sp³-hybridized carbons (Fsp3) is 0.562. The summed E-state index contributed by atoms with van der Waals surface area (Å²) in [6.45, 7) is 5.53. The van der Waals surface area contributed by atoms with Crippen molar-refractivity contribution in [3.05, 3.63) is 23.8 Å². The minimum absolute atomic E-state index is 0.655. The summed E-state index contributed by atoms with van der Waals surface area (Å²) in [6, 6.07) is 6.31. The van der Waals surface area contributed by atoms with E-state index in [0.29, 0.717) is 5.95 Å². The number of hydrogen-bond donors (Lipinski definition) is 1. The lowest BCUT2D eigenvalue weighted by molar-refractivity contribution is 0.208. The summed E-state index contributed by atoms with van der Waals surface area (Å²) in [5.41, 5.74) is 9.53. The number of nitrogen functional groups attached to an aromatic ring is 1. The first-order valence-corrected chi connectivity index (χ1v) is 7.55. The first-order chi connectivity index (χ1) is 9.65. The second-order valence-electron chi connectivity index (χ2n) is 6.10. The minimum Gasteiger partial charge on any atom is -0.369 e. The Morgan fingerprint density at radius 3 is 2.80 bits per heavy atom. The largest absolute Gasteiger partial charge is 0.369 e. The SMILES string of the molecule is Cc1cccc2c1nc(N)n2CCC1CCN(C)CC1. The van der Waals surface area contributed by atoms with E-state index < -0.39 is 0 Å². The number of nitrogens with two attached hydrogens (primary N) is 1. The Labute approximate surface area is 120 Å². The van der Waals surface area contributed by atoms with Crippen LogP contribution < -0.4 is 5.73 Å². The summed E-state index contributed by atoms with van der Waals surface area (Å²) in [7, 11) is 2.21. The summed E-state index contributed by atoms with van der Waals surface area (Å²) in [6.07, 6.45) is 3.82. The molecule has 1 aromatic carbocycles. The van der Waals surface area contributed by atoms with Crippen LogP contribution in [-0.2, 0) is 6.54 Å². The molecular formula is C16H24N4. The van der Waals surface area contributed by atoms with Gasteiger partial charge >= 0.3 is 0 Å². The number of piperidine rings is 1. The molecule has 2 heterocycles. The zero-order valence-electron chi connectivity index (χ0n) is 12.5. The highest BCUT2D eigenvalue weighted by atomic mass is 15.2. The number of fused-ring (bicyclic) bond motifs is 1. The molecule has 108 valence electrons. The van der Waals surface area contributed by atoms with Crippen molar-refractivity contribution in [1.29, 1.82) is 0 Å². The van der Waals surface area contributed by atoms with Crippen LogP contribution in [-0.4, -0.2) is 34.6 Å². The number of imidazole rings is 1. The van der Waals surface area contributed by atoms with Gasteiger partial charge in [0.05, 0.1) is 11.0 Å². The minimum atomic E-state index is 0.655. The molecule has 0 saturated carbocycles. The molecule has 20 heavy (non-hydrogen) atoms. The van der Waals surface area contributed by atoms with E-state index in [0.717, 1.165) is 18.0 Å². The number of rotatable bonds is 3. The number of hydrogen-bond acceptors (Lipinski definition) is 3. The lowest BCUT2D eigenvalue weighted by atomic mass is 9.94. The molecule has 4 nitrogen and oxygen atoms in total. The highest BCUT2D eigenvalue weighted by molar-refractivity contribution is 5.81. The molecule has 4 heteroatoms. The van der Waals surface area contributed by atoms with Crippen LogP contribution in [0.3, 0.4) is 0 Å². The van der Waals surface area contributed by atoms with Gasteiger partial charge in [0.25, 0.3) is 0 Å². The number of likely N-dealkylation sites (tertiary alicyclic amines) is 1. The molecule has 0 bridgehead atoms. The Kier molecular flexibility index (Phi) is 3.66. The molecule has 0 amide bonds. The van der Waals surface area contributed by atoms with Gasteiger partial charge in [-0.1, -0.05) is 12.1 Å². The predicted octanol–water partition coefficient (Wildman–Crippen LogP) is 2.66. The van der Waals surface area contributed by atoms with E-state index >= 15 is 0 Å². The van der Waals surface area contributed by atoms with Crippen molar-refractivity contribution in [2.75, 3.05) is 25.9 Å². The molecule has 1 aliphatic rings. The summed E-state index contributed by atoms with van der Waals surface area (Å²) in [5.74, 6) is 1.48. The van der Waals surface area contributed by atoms with Gasteiger partial charge in [0.1, 0.15) is 0 Å². The molecule has 2 aromatic rings. The molecule has 1 fully saturated rings. The third-order valence-corrected chi connectivity index (χ3v) is 4.61. The fourth-order valence-corrected chi connectivity index (χ4v) is 3.20. The maximum absolute atomic E-state index is 6.10. The second kappa shape index (κ2) is 5.44. The first-order valence-electron chi connectivity index (χ1n) is 7.55. The second-order valence-corrected chi connectivity index (χ2v) is 6.10. The molecule has 3 rings (SSSR count). The zero-order chi connectivity index (χ0) is 14.1. The molecular weight excluding hydrogens is 248 g/mol. The third kappa shape index (κ3) is 2.52.